The van der Waals surface area contributed by atoms with Crippen molar-refractivity contribution in [2.24, 2.45) is 0 Å². The summed E-state index contributed by atoms with van der Waals surface area (Å²) in [6, 6.07) is 7.54. The fraction of sp³-hybridized carbons (Fsp3) is 0.0833. The minimum Gasteiger partial charge on any atom is -0.478 e. The number of carboxylic acids is 1. The first-order chi connectivity index (χ1) is 7.68. The molecule has 16 heavy (non-hydrogen) atoms. The summed E-state index contributed by atoms with van der Waals surface area (Å²) in [6.07, 6.45) is 2.66. The van der Waals surface area contributed by atoms with Crippen LogP contribution in [-0.2, 0) is 0 Å². The lowest BCUT2D eigenvalue weighted by Gasteiger charge is -2.04. The minimum atomic E-state index is -1.02. The summed E-state index contributed by atoms with van der Waals surface area (Å²) >= 11 is 0. The second kappa shape index (κ2) is 4.10. The van der Waals surface area contributed by atoms with Gasteiger partial charge in [0, 0.05) is 11.8 Å². The molecule has 0 aliphatic carbocycles. The minimum absolute atomic E-state index is 0.117. The summed E-state index contributed by atoms with van der Waals surface area (Å²) < 4.78 is 0. The molecular weight excluding hydrogens is 204 g/mol. The molecule has 0 bridgehead atoms. The maximum Gasteiger partial charge on any atom is 0.339 e. The normalized spacial score (nSPS) is 10.1. The molecule has 4 nitrogen and oxygen atoms in total. The van der Waals surface area contributed by atoms with E-state index in [9.17, 15) is 4.79 Å². The predicted octanol–water partition coefficient (Wildman–Crippen LogP) is 2.15. The molecule has 1 N–H and O–H groups in total. The third kappa shape index (κ3) is 1.91. The van der Waals surface area contributed by atoms with Crippen molar-refractivity contribution in [1.29, 1.82) is 0 Å². The standard InChI is InChI=1S/C12H10N2O2/c1-8-2-4-9(5-3-8)11-10(12(15)16)6-13-7-14-11/h2-7H,1H3,(H,15,16). The Kier molecular flexibility index (Phi) is 2.64. The number of rotatable bonds is 2. The lowest BCUT2D eigenvalue weighted by Crippen LogP contribution is -2.02. The maximum absolute atomic E-state index is 11.0. The zero-order chi connectivity index (χ0) is 11.5. The summed E-state index contributed by atoms with van der Waals surface area (Å²) in [5, 5.41) is 9.00. The Balaban J connectivity index is 2.55. The molecule has 1 aromatic carbocycles. The van der Waals surface area contributed by atoms with Crippen LogP contribution < -0.4 is 0 Å². The van der Waals surface area contributed by atoms with E-state index >= 15 is 0 Å². The Morgan fingerprint density at radius 1 is 1.25 bits per heavy atom. The molecule has 2 rings (SSSR count). The number of nitrogens with zero attached hydrogens (tertiary/aromatic N) is 2. The van der Waals surface area contributed by atoms with Crippen molar-refractivity contribution >= 4 is 5.97 Å². The van der Waals surface area contributed by atoms with Crippen LogP contribution in [0.5, 0.6) is 0 Å². The van der Waals surface area contributed by atoms with Gasteiger partial charge in [-0.2, -0.15) is 0 Å². The number of hydrogen-bond donors (Lipinski definition) is 1. The van der Waals surface area contributed by atoms with Gasteiger partial charge in [0.2, 0.25) is 0 Å². The second-order valence-corrected chi connectivity index (χ2v) is 3.46. The summed E-state index contributed by atoms with van der Waals surface area (Å²) in [7, 11) is 0. The third-order valence-electron chi connectivity index (χ3n) is 2.27. The predicted molar refractivity (Wildman–Crippen MR) is 59.2 cm³/mol. The zero-order valence-electron chi connectivity index (χ0n) is 8.71. The lowest BCUT2D eigenvalue weighted by atomic mass is 10.1. The molecule has 1 aromatic heterocycles. The number of aryl methyl sites for hydroxylation is 1. The van der Waals surface area contributed by atoms with Crippen LogP contribution in [0.1, 0.15) is 15.9 Å². The van der Waals surface area contributed by atoms with Gasteiger partial charge in [0.25, 0.3) is 0 Å². The molecule has 0 aliphatic rings. The molecule has 0 saturated heterocycles. The van der Waals surface area contributed by atoms with E-state index in [1.807, 2.05) is 31.2 Å². The van der Waals surface area contributed by atoms with Crippen molar-refractivity contribution in [3.05, 3.63) is 47.9 Å². The average molecular weight is 214 g/mol. The molecule has 0 saturated carbocycles. The highest BCUT2D eigenvalue weighted by Crippen LogP contribution is 2.20. The van der Waals surface area contributed by atoms with E-state index in [4.69, 9.17) is 5.11 Å². The van der Waals surface area contributed by atoms with Gasteiger partial charge in [-0.05, 0) is 6.92 Å². The molecule has 0 fully saturated rings. The van der Waals surface area contributed by atoms with Gasteiger partial charge < -0.3 is 5.11 Å². The monoisotopic (exact) mass is 214 g/mol. The van der Waals surface area contributed by atoms with Crippen molar-refractivity contribution in [2.45, 2.75) is 6.92 Å². The van der Waals surface area contributed by atoms with Gasteiger partial charge in [0.1, 0.15) is 11.9 Å². The fourth-order valence-electron chi connectivity index (χ4n) is 1.43. The Morgan fingerprint density at radius 2 is 1.94 bits per heavy atom. The van der Waals surface area contributed by atoms with Crippen LogP contribution in [0.15, 0.2) is 36.8 Å². The van der Waals surface area contributed by atoms with E-state index in [0.717, 1.165) is 11.1 Å². The van der Waals surface area contributed by atoms with Crippen molar-refractivity contribution < 1.29 is 9.90 Å². The number of aromatic carboxylic acids is 1. The van der Waals surface area contributed by atoms with Gasteiger partial charge in [-0.25, -0.2) is 14.8 Å². The molecule has 2 aromatic rings. The highest BCUT2D eigenvalue weighted by molar-refractivity contribution is 5.94. The van der Waals surface area contributed by atoms with Crippen molar-refractivity contribution in [2.75, 3.05) is 0 Å². The third-order valence-corrected chi connectivity index (χ3v) is 2.27. The quantitative estimate of drug-likeness (QED) is 0.831. The molecule has 0 aliphatic heterocycles. The fourth-order valence-corrected chi connectivity index (χ4v) is 1.43. The zero-order valence-corrected chi connectivity index (χ0v) is 8.71. The molecule has 1 heterocycles. The molecule has 0 amide bonds. The van der Waals surface area contributed by atoms with E-state index in [2.05, 4.69) is 9.97 Å². The van der Waals surface area contributed by atoms with E-state index in [0.29, 0.717) is 5.69 Å². The Hall–Kier alpha value is -2.23. The molecule has 0 spiro atoms. The van der Waals surface area contributed by atoms with Crippen LogP contribution in [-0.4, -0.2) is 21.0 Å². The lowest BCUT2D eigenvalue weighted by molar-refractivity contribution is 0.0697. The van der Waals surface area contributed by atoms with Crippen LogP contribution >= 0.6 is 0 Å². The van der Waals surface area contributed by atoms with Gasteiger partial charge in [0.15, 0.2) is 0 Å². The van der Waals surface area contributed by atoms with Crippen LogP contribution in [0, 0.1) is 6.92 Å². The highest BCUT2D eigenvalue weighted by Gasteiger charge is 2.12. The maximum atomic E-state index is 11.0. The smallest absolute Gasteiger partial charge is 0.339 e. The molecule has 0 atom stereocenters. The molecular formula is C12H10N2O2. The van der Waals surface area contributed by atoms with Gasteiger partial charge in [-0.3, -0.25) is 0 Å². The van der Waals surface area contributed by atoms with Crippen molar-refractivity contribution in [3.8, 4) is 11.3 Å². The van der Waals surface area contributed by atoms with Crippen molar-refractivity contribution in [3.63, 3.8) is 0 Å². The Morgan fingerprint density at radius 3 is 2.56 bits per heavy atom. The summed E-state index contributed by atoms with van der Waals surface area (Å²) in [6.45, 7) is 1.97. The first-order valence-electron chi connectivity index (χ1n) is 4.79. The van der Waals surface area contributed by atoms with E-state index in [1.54, 1.807) is 0 Å². The largest absolute Gasteiger partial charge is 0.478 e. The second-order valence-electron chi connectivity index (χ2n) is 3.46. The number of benzene rings is 1. The molecule has 4 heteroatoms. The van der Waals surface area contributed by atoms with Crippen molar-refractivity contribution in [1.82, 2.24) is 9.97 Å². The highest BCUT2D eigenvalue weighted by atomic mass is 16.4. The van der Waals surface area contributed by atoms with Crippen LogP contribution in [0.2, 0.25) is 0 Å². The number of hydrogen-bond acceptors (Lipinski definition) is 3. The molecule has 0 unspecified atom stereocenters. The van der Waals surface area contributed by atoms with Gasteiger partial charge in [-0.1, -0.05) is 29.8 Å². The Bertz CT molecular complexity index is 521. The average Bonchev–Trinajstić information content (AvgIpc) is 2.30. The first-order valence-corrected chi connectivity index (χ1v) is 4.79. The van der Waals surface area contributed by atoms with E-state index in [-0.39, 0.29) is 5.56 Å². The number of carbonyl (C=O) groups is 1. The van der Waals surface area contributed by atoms with Crippen LogP contribution in [0.3, 0.4) is 0 Å². The molecule has 0 radical (unpaired) electrons. The van der Waals surface area contributed by atoms with Gasteiger partial charge in [0.05, 0.1) is 5.69 Å². The topological polar surface area (TPSA) is 63.1 Å². The summed E-state index contributed by atoms with van der Waals surface area (Å²) in [5.41, 5.74) is 2.47. The number of carboxylic acid groups (broad SMARTS) is 1. The SMILES string of the molecule is Cc1ccc(-c2ncncc2C(=O)O)cc1. The van der Waals surface area contributed by atoms with Crippen LogP contribution in [0.4, 0.5) is 0 Å². The van der Waals surface area contributed by atoms with E-state index in [1.165, 1.54) is 12.5 Å². The summed E-state index contributed by atoms with van der Waals surface area (Å²) in [5.74, 6) is -1.02. The van der Waals surface area contributed by atoms with E-state index < -0.39 is 5.97 Å². The van der Waals surface area contributed by atoms with Gasteiger partial charge in [-0.15, -0.1) is 0 Å². The first kappa shape index (κ1) is 10.3. The number of aromatic nitrogens is 2. The van der Waals surface area contributed by atoms with Gasteiger partial charge >= 0.3 is 5.97 Å². The Labute approximate surface area is 92.6 Å². The summed E-state index contributed by atoms with van der Waals surface area (Å²) in [4.78, 5) is 18.7. The molecule has 80 valence electrons. The van der Waals surface area contributed by atoms with Crippen LogP contribution in [0.25, 0.3) is 11.3 Å².